The average Bonchev–Trinajstić information content (AvgIpc) is 2.77. The minimum absolute atomic E-state index is 0.000185. The molecule has 1 aromatic heterocycles. The van der Waals surface area contributed by atoms with E-state index >= 15 is 0 Å². The number of anilines is 1. The number of oxime groups is 1. The van der Waals surface area contributed by atoms with E-state index in [2.05, 4.69) is 20.1 Å². The molecule has 11 nitrogen and oxygen atoms in total. The number of guanidine groups is 1. The van der Waals surface area contributed by atoms with E-state index in [1.165, 1.54) is 18.5 Å². The van der Waals surface area contributed by atoms with E-state index in [4.69, 9.17) is 26.1 Å². The van der Waals surface area contributed by atoms with Gasteiger partial charge in [0.25, 0.3) is 0 Å². The number of aliphatic hydroxyl groups excluding tert-OH is 1. The van der Waals surface area contributed by atoms with Crippen LogP contribution in [0.5, 0.6) is 0 Å². The summed E-state index contributed by atoms with van der Waals surface area (Å²) >= 11 is 0. The molecule has 0 radical (unpaired) electrons. The van der Waals surface area contributed by atoms with Crippen LogP contribution >= 0.6 is 0 Å². The monoisotopic (exact) mass is 463 g/mol. The number of amides is 1. The van der Waals surface area contributed by atoms with Gasteiger partial charge < -0.3 is 31.0 Å². The van der Waals surface area contributed by atoms with Crippen LogP contribution in [0.2, 0.25) is 0 Å². The standard InChI is InChI=1S/C20H23F2N7O4/c21-4-12(9-30)10-33-28-15-7-29(8-15)19-25-5-14(6-26-19)16-3-1-2-13(17(16)22)11-32-20(31)27-18(23)24/h1-3,5-6,12,30H,4,7-11H2,(H4,23,24,27,31). The SMILES string of the molecule is NC(N)=NC(=O)OCc1cccc(-c2cnc(N3CC(=NOCC(CO)CF)C3)nc2)c1F. The Morgan fingerprint density at radius 1 is 1.27 bits per heavy atom. The highest BCUT2D eigenvalue weighted by atomic mass is 19.1. The molecule has 1 aliphatic heterocycles. The van der Waals surface area contributed by atoms with Gasteiger partial charge in [0.2, 0.25) is 5.95 Å². The summed E-state index contributed by atoms with van der Waals surface area (Å²) < 4.78 is 32.2. The molecular formula is C20H23F2N7O4. The van der Waals surface area contributed by atoms with E-state index in [9.17, 15) is 13.6 Å². The highest BCUT2D eigenvalue weighted by Gasteiger charge is 2.25. The minimum atomic E-state index is -1.02. The first-order chi connectivity index (χ1) is 15.9. The lowest BCUT2D eigenvalue weighted by Crippen LogP contribution is -2.48. The Labute approximate surface area is 187 Å². The van der Waals surface area contributed by atoms with E-state index in [1.54, 1.807) is 12.1 Å². The lowest BCUT2D eigenvalue weighted by molar-refractivity contribution is 0.0655. The van der Waals surface area contributed by atoms with Crippen molar-refractivity contribution >= 4 is 23.7 Å². The van der Waals surface area contributed by atoms with Gasteiger partial charge >= 0.3 is 6.09 Å². The second kappa shape index (κ2) is 11.1. The van der Waals surface area contributed by atoms with E-state index in [0.29, 0.717) is 24.6 Å². The first kappa shape index (κ1) is 23.8. The summed E-state index contributed by atoms with van der Waals surface area (Å²) in [6.07, 6.45) is 1.94. The second-order valence-corrected chi connectivity index (χ2v) is 7.15. The van der Waals surface area contributed by atoms with Crippen molar-refractivity contribution in [3.05, 3.63) is 42.0 Å². The normalized spacial score (nSPS) is 13.7. The van der Waals surface area contributed by atoms with Crippen LogP contribution in [0.1, 0.15) is 5.56 Å². The summed E-state index contributed by atoms with van der Waals surface area (Å²) in [6.45, 7) is -0.468. The maximum Gasteiger partial charge on any atom is 0.437 e. The molecule has 1 aliphatic rings. The molecule has 0 saturated carbocycles. The summed E-state index contributed by atoms with van der Waals surface area (Å²) in [5.74, 6) is -1.20. The van der Waals surface area contributed by atoms with Crippen LogP contribution in [0.15, 0.2) is 40.7 Å². The Morgan fingerprint density at radius 3 is 2.64 bits per heavy atom. The van der Waals surface area contributed by atoms with Crippen LogP contribution in [-0.2, 0) is 16.2 Å². The smallest absolute Gasteiger partial charge is 0.437 e. The predicted molar refractivity (Wildman–Crippen MR) is 116 cm³/mol. The summed E-state index contributed by atoms with van der Waals surface area (Å²) in [5, 5.41) is 12.8. The maximum absolute atomic E-state index is 14.9. The Kier molecular flexibility index (Phi) is 8.02. The van der Waals surface area contributed by atoms with Crippen LogP contribution in [0, 0.1) is 11.7 Å². The number of benzene rings is 1. The number of hydrogen-bond donors (Lipinski definition) is 3. The Balaban J connectivity index is 1.58. The van der Waals surface area contributed by atoms with Crippen LogP contribution in [0.25, 0.3) is 11.1 Å². The van der Waals surface area contributed by atoms with Gasteiger partial charge in [-0.1, -0.05) is 23.4 Å². The number of rotatable bonds is 9. The van der Waals surface area contributed by atoms with Gasteiger partial charge in [-0.15, -0.1) is 4.99 Å². The van der Waals surface area contributed by atoms with Gasteiger partial charge in [-0.25, -0.2) is 19.2 Å². The molecule has 5 N–H and O–H groups in total. The lowest BCUT2D eigenvalue weighted by atomic mass is 10.1. The van der Waals surface area contributed by atoms with E-state index in [0.717, 1.165) is 5.71 Å². The molecule has 1 aromatic carbocycles. The van der Waals surface area contributed by atoms with Crippen molar-refractivity contribution in [2.75, 3.05) is 37.9 Å². The van der Waals surface area contributed by atoms with Crippen molar-refractivity contribution in [3.8, 4) is 11.1 Å². The summed E-state index contributed by atoms with van der Waals surface area (Å²) in [4.78, 5) is 30.0. The fourth-order valence-corrected chi connectivity index (χ4v) is 2.79. The molecule has 0 spiro atoms. The van der Waals surface area contributed by atoms with Gasteiger partial charge in [0.05, 0.1) is 32.1 Å². The first-order valence-corrected chi connectivity index (χ1v) is 9.87. The number of carbonyl (C=O) groups excluding carboxylic acids is 1. The third kappa shape index (κ3) is 6.32. The van der Waals surface area contributed by atoms with Crippen molar-refractivity contribution in [2.45, 2.75) is 6.61 Å². The number of aliphatic imine (C=N–C) groups is 1. The van der Waals surface area contributed by atoms with Crippen LogP contribution in [0.3, 0.4) is 0 Å². The number of halogens is 2. The van der Waals surface area contributed by atoms with Gasteiger partial charge in [-0.2, -0.15) is 0 Å². The van der Waals surface area contributed by atoms with Crippen molar-refractivity contribution in [3.63, 3.8) is 0 Å². The van der Waals surface area contributed by atoms with Gasteiger partial charge in [0.1, 0.15) is 19.0 Å². The number of alkyl halides is 1. The third-order valence-electron chi connectivity index (χ3n) is 4.61. The van der Waals surface area contributed by atoms with E-state index in [1.807, 2.05) is 4.90 Å². The van der Waals surface area contributed by atoms with Gasteiger partial charge in [0.15, 0.2) is 5.96 Å². The fraction of sp³-hybridized carbons (Fsp3) is 0.350. The molecule has 1 saturated heterocycles. The van der Waals surface area contributed by atoms with E-state index < -0.39 is 30.5 Å². The number of aliphatic hydroxyl groups is 1. The summed E-state index contributed by atoms with van der Waals surface area (Å²) in [6, 6.07) is 4.63. The molecule has 13 heteroatoms. The second-order valence-electron chi connectivity index (χ2n) is 7.15. The molecule has 1 atom stereocenters. The average molecular weight is 463 g/mol. The van der Waals surface area contributed by atoms with Gasteiger partial charge in [0, 0.05) is 35.0 Å². The molecule has 33 heavy (non-hydrogen) atoms. The maximum atomic E-state index is 14.9. The molecule has 1 amide bonds. The molecule has 0 bridgehead atoms. The fourth-order valence-electron chi connectivity index (χ4n) is 2.79. The lowest BCUT2D eigenvalue weighted by Gasteiger charge is -2.31. The number of nitrogens with two attached hydrogens (primary N) is 2. The number of aromatic nitrogens is 2. The minimum Gasteiger partial charge on any atom is -0.443 e. The number of carbonyl (C=O) groups is 1. The molecule has 3 rings (SSSR count). The number of nitrogens with zero attached hydrogens (tertiary/aromatic N) is 5. The number of ether oxygens (including phenoxy) is 1. The van der Waals surface area contributed by atoms with Crippen molar-refractivity contribution in [2.24, 2.45) is 27.5 Å². The molecule has 0 aliphatic carbocycles. The van der Waals surface area contributed by atoms with Gasteiger partial charge in [-0.3, -0.25) is 4.39 Å². The summed E-state index contributed by atoms with van der Waals surface area (Å²) in [5.41, 5.74) is 11.7. The summed E-state index contributed by atoms with van der Waals surface area (Å²) in [7, 11) is 0. The third-order valence-corrected chi connectivity index (χ3v) is 4.61. The zero-order chi connectivity index (χ0) is 23.8. The van der Waals surface area contributed by atoms with Crippen LogP contribution in [0.4, 0.5) is 19.5 Å². The Morgan fingerprint density at radius 2 is 2.00 bits per heavy atom. The first-order valence-electron chi connectivity index (χ1n) is 9.87. The van der Waals surface area contributed by atoms with Crippen molar-refractivity contribution in [1.29, 1.82) is 0 Å². The molecular weight excluding hydrogens is 440 g/mol. The van der Waals surface area contributed by atoms with Crippen LogP contribution < -0.4 is 16.4 Å². The molecule has 2 heterocycles. The predicted octanol–water partition coefficient (Wildman–Crippen LogP) is 0.963. The van der Waals surface area contributed by atoms with Crippen molar-refractivity contribution in [1.82, 2.24) is 9.97 Å². The highest BCUT2D eigenvalue weighted by Crippen LogP contribution is 2.26. The van der Waals surface area contributed by atoms with Crippen molar-refractivity contribution < 1.29 is 28.3 Å². The molecule has 1 unspecified atom stereocenters. The molecule has 176 valence electrons. The molecule has 1 fully saturated rings. The Hall–Kier alpha value is -3.87. The quantitative estimate of drug-likeness (QED) is 0.279. The Bertz CT molecular complexity index is 1020. The van der Waals surface area contributed by atoms with Gasteiger partial charge in [-0.05, 0) is 0 Å². The largest absolute Gasteiger partial charge is 0.443 e. The molecule has 2 aromatic rings. The topological polar surface area (TPSA) is 162 Å². The highest BCUT2D eigenvalue weighted by molar-refractivity contribution is 5.98. The zero-order valence-corrected chi connectivity index (χ0v) is 17.5. The zero-order valence-electron chi connectivity index (χ0n) is 17.5. The van der Waals surface area contributed by atoms with E-state index in [-0.39, 0.29) is 30.9 Å². The van der Waals surface area contributed by atoms with Crippen LogP contribution in [-0.4, -0.2) is 65.8 Å². The number of hydrogen-bond acceptors (Lipinski definition) is 8.